The summed E-state index contributed by atoms with van der Waals surface area (Å²) in [6, 6.07) is 21.2. The standard InChI is InChI=1S/C69H89N7O17/c1-16-90-65(77)53-29-44(62-56(84-10)32-50(81-7)33-57(62)85-11)26-47(71-53)40-74-22-24-75(41-48-27-45(30-54(72-48)66(78)91-17-2)63-58(86-12)34-51(82-8)35-59(63)87-13)38-43(20-19-21-70-68(80)93-69(4,5)6)39-76(25-23-74)42-49-28-46(31-55(73-49)67(79)92-18-3)64-60(88-14)36-52(83-9)37-61(64)89-15/h26-37,43H,16-25,38-42H2,1-15H3,(H,70,80). The molecule has 1 fully saturated rings. The summed E-state index contributed by atoms with van der Waals surface area (Å²) in [5, 5.41) is 2.95. The Hall–Kier alpha value is -9.13. The Balaban J connectivity index is 1.40. The predicted octanol–water partition coefficient (Wildman–Crippen LogP) is 10.2. The van der Waals surface area contributed by atoms with Gasteiger partial charge in [0.15, 0.2) is 0 Å². The molecule has 4 heterocycles. The second-order valence-electron chi connectivity index (χ2n) is 22.8. The molecule has 1 aliphatic heterocycles. The van der Waals surface area contributed by atoms with E-state index in [0.29, 0.717) is 161 Å². The van der Waals surface area contributed by atoms with Gasteiger partial charge in [-0.3, -0.25) is 14.7 Å². The Morgan fingerprint density at radius 1 is 0.441 bits per heavy atom. The van der Waals surface area contributed by atoms with Gasteiger partial charge in [-0.25, -0.2) is 34.1 Å². The zero-order valence-corrected chi connectivity index (χ0v) is 56.2. The highest BCUT2D eigenvalue weighted by atomic mass is 16.6. The van der Waals surface area contributed by atoms with Crippen molar-refractivity contribution in [3.8, 4) is 85.1 Å². The lowest BCUT2D eigenvalue weighted by Gasteiger charge is -2.36. The van der Waals surface area contributed by atoms with Crippen LogP contribution >= 0.6 is 0 Å². The lowest BCUT2D eigenvalue weighted by Crippen LogP contribution is -2.45. The first-order valence-corrected chi connectivity index (χ1v) is 30.8. The van der Waals surface area contributed by atoms with Crippen LogP contribution in [0.25, 0.3) is 33.4 Å². The highest BCUT2D eigenvalue weighted by Gasteiger charge is 2.29. The van der Waals surface area contributed by atoms with Crippen LogP contribution < -0.4 is 47.9 Å². The number of carbonyl (C=O) groups is 4. The Bertz CT molecular complexity index is 3320. The van der Waals surface area contributed by atoms with Crippen LogP contribution in [-0.2, 0) is 38.6 Å². The number of benzene rings is 3. The van der Waals surface area contributed by atoms with E-state index in [0.717, 1.165) is 0 Å². The minimum Gasteiger partial charge on any atom is -0.496 e. The van der Waals surface area contributed by atoms with E-state index in [9.17, 15) is 19.2 Å². The number of rotatable bonds is 28. The fourth-order valence-corrected chi connectivity index (χ4v) is 11.1. The first kappa shape index (κ1) is 71.3. The Morgan fingerprint density at radius 3 is 1.02 bits per heavy atom. The number of alkyl carbamates (subject to hydrolysis) is 1. The molecule has 0 unspecified atom stereocenters. The van der Waals surface area contributed by atoms with E-state index in [1.807, 2.05) is 39.0 Å². The van der Waals surface area contributed by atoms with E-state index in [1.165, 1.54) is 0 Å². The van der Waals surface area contributed by atoms with E-state index >= 15 is 0 Å². The number of carbonyl (C=O) groups excluding carboxylic acids is 4. The van der Waals surface area contributed by atoms with Crippen molar-refractivity contribution in [2.24, 2.45) is 5.92 Å². The van der Waals surface area contributed by atoms with Gasteiger partial charge in [-0.05, 0) is 113 Å². The molecule has 24 nitrogen and oxygen atoms in total. The first-order chi connectivity index (χ1) is 44.7. The second kappa shape index (κ2) is 34.0. The summed E-state index contributed by atoms with van der Waals surface area (Å²) in [6.07, 6.45) is 0.708. The third kappa shape index (κ3) is 19.2. The maximum absolute atomic E-state index is 13.9. The van der Waals surface area contributed by atoms with Gasteiger partial charge in [0.25, 0.3) is 0 Å². The van der Waals surface area contributed by atoms with E-state index in [4.69, 9.17) is 76.5 Å². The summed E-state index contributed by atoms with van der Waals surface area (Å²) in [7, 11) is 14.0. The number of ether oxygens (including phenoxy) is 13. The number of esters is 3. The van der Waals surface area contributed by atoms with Crippen molar-refractivity contribution in [1.82, 2.24) is 35.0 Å². The monoisotopic (exact) mass is 1290 g/mol. The number of nitrogens with zero attached hydrogens (tertiary/aromatic N) is 6. The normalized spacial score (nSPS) is 13.5. The number of methoxy groups -OCH3 is 9. The summed E-state index contributed by atoms with van der Waals surface area (Å²) >= 11 is 0. The molecular formula is C69H89N7O17. The molecule has 1 N–H and O–H groups in total. The summed E-state index contributed by atoms with van der Waals surface area (Å²) in [5.74, 6) is 2.26. The molecule has 0 bridgehead atoms. The van der Waals surface area contributed by atoms with Gasteiger partial charge in [0.2, 0.25) is 0 Å². The number of hydrogen-bond donors (Lipinski definition) is 1. The second-order valence-corrected chi connectivity index (χ2v) is 22.8. The van der Waals surface area contributed by atoms with Gasteiger partial charge >= 0.3 is 24.0 Å². The Kier molecular flexibility index (Phi) is 26.0. The van der Waals surface area contributed by atoms with Gasteiger partial charge in [-0.15, -0.1) is 0 Å². The zero-order valence-electron chi connectivity index (χ0n) is 56.2. The Morgan fingerprint density at radius 2 is 0.742 bits per heavy atom. The molecule has 1 aliphatic rings. The largest absolute Gasteiger partial charge is 0.496 e. The minimum atomic E-state index is -0.695. The van der Waals surface area contributed by atoms with Gasteiger partial charge in [0.1, 0.15) is 74.4 Å². The molecule has 502 valence electrons. The number of amides is 1. The molecular weight excluding hydrogens is 1200 g/mol. The van der Waals surface area contributed by atoms with Gasteiger partial charge < -0.3 is 66.9 Å². The van der Waals surface area contributed by atoms with Crippen LogP contribution in [0.3, 0.4) is 0 Å². The number of nitrogens with one attached hydrogen (secondary N) is 1. The Labute approximate surface area is 544 Å². The summed E-state index contributed by atoms with van der Waals surface area (Å²) < 4.78 is 74.7. The van der Waals surface area contributed by atoms with Crippen LogP contribution in [0.4, 0.5) is 4.79 Å². The minimum absolute atomic E-state index is 0.0817. The van der Waals surface area contributed by atoms with E-state index < -0.39 is 29.6 Å². The summed E-state index contributed by atoms with van der Waals surface area (Å²) in [5.41, 5.74) is 4.69. The molecule has 0 radical (unpaired) electrons. The molecule has 6 aromatic rings. The predicted molar refractivity (Wildman–Crippen MR) is 349 cm³/mol. The molecule has 7 rings (SSSR count). The van der Waals surface area contributed by atoms with E-state index in [1.54, 1.807) is 139 Å². The van der Waals surface area contributed by atoms with Crippen LogP contribution in [-0.4, -0.2) is 189 Å². The average Bonchev–Trinajstić information content (AvgIpc) is 0.830. The molecule has 3 aromatic carbocycles. The third-order valence-corrected chi connectivity index (χ3v) is 15.2. The first-order valence-electron chi connectivity index (χ1n) is 30.8. The highest BCUT2D eigenvalue weighted by molar-refractivity contribution is 5.92. The van der Waals surface area contributed by atoms with Crippen molar-refractivity contribution < 1.29 is 80.8 Å². The smallest absolute Gasteiger partial charge is 0.407 e. The van der Waals surface area contributed by atoms with Gasteiger partial charge in [0, 0.05) is 102 Å². The molecule has 0 saturated carbocycles. The quantitative estimate of drug-likeness (QED) is 0.0272. The van der Waals surface area contributed by atoms with Crippen molar-refractivity contribution >= 4 is 24.0 Å². The molecule has 24 heteroatoms. The van der Waals surface area contributed by atoms with Crippen LogP contribution in [0.1, 0.15) is 103 Å². The zero-order chi connectivity index (χ0) is 67.4. The lowest BCUT2D eigenvalue weighted by atomic mass is 9.99. The van der Waals surface area contributed by atoms with Crippen LogP contribution in [0, 0.1) is 5.92 Å². The van der Waals surface area contributed by atoms with Gasteiger partial charge in [-0.2, -0.15) is 0 Å². The maximum Gasteiger partial charge on any atom is 0.407 e. The average molecular weight is 1290 g/mol. The third-order valence-electron chi connectivity index (χ3n) is 15.2. The van der Waals surface area contributed by atoms with Crippen molar-refractivity contribution in [3.63, 3.8) is 0 Å². The van der Waals surface area contributed by atoms with Crippen LogP contribution in [0.5, 0.6) is 51.7 Å². The van der Waals surface area contributed by atoms with Crippen molar-refractivity contribution in [1.29, 1.82) is 0 Å². The van der Waals surface area contributed by atoms with E-state index in [-0.39, 0.29) is 62.5 Å². The van der Waals surface area contributed by atoms with Gasteiger partial charge in [-0.1, -0.05) is 0 Å². The van der Waals surface area contributed by atoms with Crippen LogP contribution in [0.2, 0.25) is 0 Å². The van der Waals surface area contributed by atoms with Crippen molar-refractivity contribution in [3.05, 3.63) is 107 Å². The summed E-state index contributed by atoms with van der Waals surface area (Å²) in [6.45, 7) is 14.9. The molecule has 0 spiro atoms. The molecule has 3 aromatic heterocycles. The highest BCUT2D eigenvalue weighted by Crippen LogP contribution is 2.45. The maximum atomic E-state index is 13.9. The lowest BCUT2D eigenvalue weighted by molar-refractivity contribution is 0.0508. The molecule has 1 saturated heterocycles. The van der Waals surface area contributed by atoms with Crippen LogP contribution in [0.15, 0.2) is 72.8 Å². The van der Waals surface area contributed by atoms with E-state index in [2.05, 4.69) is 20.0 Å². The van der Waals surface area contributed by atoms with Gasteiger partial charge in [0.05, 0.1) is 118 Å². The molecule has 0 aliphatic carbocycles. The topological polar surface area (TPSA) is 249 Å². The molecule has 93 heavy (non-hydrogen) atoms. The fourth-order valence-electron chi connectivity index (χ4n) is 11.1. The fraction of sp³-hybridized carbons (Fsp3) is 0.464. The number of aromatic nitrogens is 3. The SMILES string of the molecule is CCOC(=O)c1cc(-c2c(OC)cc(OC)cc2OC)cc(CN2CCN(Cc3cc(-c4c(OC)cc(OC)cc4OC)cc(C(=O)OCC)n3)CC(CCCNC(=O)OC(C)(C)C)CN(Cc3cc(-c4c(OC)cc(OC)cc4OC)cc(C(=O)OCC)n3)CC2)n1. The number of hydrogen-bond acceptors (Lipinski definition) is 23. The summed E-state index contributed by atoms with van der Waals surface area (Å²) in [4.78, 5) is 76.3. The molecule has 0 atom stereocenters. The molecule has 1 amide bonds. The number of pyridine rings is 3. The van der Waals surface area contributed by atoms with Crippen molar-refractivity contribution in [2.75, 3.05) is 130 Å². The van der Waals surface area contributed by atoms with Crippen molar-refractivity contribution in [2.45, 2.75) is 79.6 Å².